The van der Waals surface area contributed by atoms with Gasteiger partial charge in [-0.1, -0.05) is 0 Å². The molecule has 0 aliphatic heterocycles. The Morgan fingerprint density at radius 3 is 1.89 bits per heavy atom. The molecule has 0 aliphatic carbocycles. The molecule has 1 heterocycles. The van der Waals surface area contributed by atoms with Gasteiger partial charge < -0.3 is 33.2 Å². The number of phenols is 1. The molecule has 0 aliphatic rings. The van der Waals surface area contributed by atoms with Crippen molar-refractivity contribution < 1.29 is 33.2 Å². The van der Waals surface area contributed by atoms with E-state index in [-0.39, 0.29) is 39.7 Å². The largest absolute Gasteiger partial charge is 0.502 e. The van der Waals surface area contributed by atoms with E-state index in [0.717, 1.165) is 0 Å². The second kappa shape index (κ2) is 7.59. The minimum absolute atomic E-state index is 0.0224. The molecular weight excluding hydrogens is 368 g/mol. The van der Waals surface area contributed by atoms with Gasteiger partial charge in [0.25, 0.3) is 0 Å². The quantitative estimate of drug-likeness (QED) is 0.688. The van der Waals surface area contributed by atoms with Gasteiger partial charge in [0.1, 0.15) is 22.5 Å². The molecule has 0 unspecified atom stereocenters. The van der Waals surface area contributed by atoms with Crippen LogP contribution in [0.2, 0.25) is 0 Å². The molecule has 0 radical (unpaired) electrons. The highest BCUT2D eigenvalue weighted by Gasteiger charge is 2.23. The molecule has 0 saturated heterocycles. The van der Waals surface area contributed by atoms with Gasteiger partial charge in [0.2, 0.25) is 16.9 Å². The van der Waals surface area contributed by atoms with Crippen molar-refractivity contribution in [1.82, 2.24) is 0 Å². The average Bonchev–Trinajstić information content (AvgIpc) is 2.72. The van der Waals surface area contributed by atoms with Crippen molar-refractivity contribution in [3.05, 3.63) is 34.5 Å². The normalized spacial score (nSPS) is 10.6. The Kier molecular flexibility index (Phi) is 5.21. The fraction of sp³-hybridized carbons (Fsp3) is 0.250. The van der Waals surface area contributed by atoms with E-state index in [1.807, 2.05) is 0 Å². The highest BCUT2D eigenvalue weighted by Crippen LogP contribution is 2.43. The Morgan fingerprint density at radius 2 is 1.39 bits per heavy atom. The van der Waals surface area contributed by atoms with Crippen LogP contribution in [-0.4, -0.2) is 40.7 Å². The third-order valence-corrected chi connectivity index (χ3v) is 4.29. The lowest BCUT2D eigenvalue weighted by molar-refractivity contribution is 0.340. The highest BCUT2D eigenvalue weighted by molar-refractivity contribution is 5.89. The molecular formula is C20H20O8. The van der Waals surface area contributed by atoms with Crippen LogP contribution >= 0.6 is 0 Å². The first kappa shape index (κ1) is 19.2. The number of ether oxygens (including phenoxy) is 5. The molecule has 148 valence electrons. The molecule has 0 spiro atoms. The third-order valence-electron chi connectivity index (χ3n) is 4.29. The molecule has 8 nitrogen and oxygen atoms in total. The number of phenolic OH excluding ortho intramolecular Hbond substituents is 1. The maximum absolute atomic E-state index is 13.1. The lowest BCUT2D eigenvalue weighted by atomic mass is 10.1. The smallest absolute Gasteiger partial charge is 0.239 e. The first-order valence-electron chi connectivity index (χ1n) is 8.21. The molecule has 0 saturated carbocycles. The summed E-state index contributed by atoms with van der Waals surface area (Å²) in [5.41, 5.74) is 0.261. The molecule has 1 N–H and O–H groups in total. The maximum Gasteiger partial charge on any atom is 0.239 e. The number of aromatic hydroxyl groups is 1. The van der Waals surface area contributed by atoms with Gasteiger partial charge in [-0.25, -0.2) is 0 Å². The molecule has 0 amide bonds. The van der Waals surface area contributed by atoms with Crippen molar-refractivity contribution >= 4 is 11.0 Å². The zero-order valence-corrected chi connectivity index (χ0v) is 16.1. The summed E-state index contributed by atoms with van der Waals surface area (Å²) in [4.78, 5) is 13.1. The van der Waals surface area contributed by atoms with Gasteiger partial charge in [-0.2, -0.15) is 0 Å². The number of methoxy groups -OCH3 is 5. The second-order valence-electron chi connectivity index (χ2n) is 5.73. The van der Waals surface area contributed by atoms with E-state index in [1.54, 1.807) is 12.1 Å². The van der Waals surface area contributed by atoms with Crippen LogP contribution in [0.4, 0.5) is 0 Å². The van der Waals surface area contributed by atoms with Crippen LogP contribution in [0.5, 0.6) is 34.5 Å². The summed E-state index contributed by atoms with van der Waals surface area (Å²) in [5, 5.41) is 10.4. The van der Waals surface area contributed by atoms with Crippen LogP contribution in [0.3, 0.4) is 0 Å². The molecule has 3 aromatic rings. The van der Waals surface area contributed by atoms with Gasteiger partial charge in [0, 0.05) is 17.7 Å². The molecule has 0 fully saturated rings. The van der Waals surface area contributed by atoms with Crippen molar-refractivity contribution in [1.29, 1.82) is 0 Å². The first-order valence-corrected chi connectivity index (χ1v) is 8.21. The van der Waals surface area contributed by atoms with E-state index >= 15 is 0 Å². The van der Waals surface area contributed by atoms with E-state index in [1.165, 1.54) is 47.7 Å². The SMILES string of the molecule is COc1cc(OC)c2c(=O)c(OC)c(-c3cc(OC)c(O)c(OC)c3)oc2c1. The van der Waals surface area contributed by atoms with Crippen LogP contribution in [0.15, 0.2) is 33.5 Å². The van der Waals surface area contributed by atoms with Crippen LogP contribution in [0.1, 0.15) is 0 Å². The number of rotatable bonds is 6. The average molecular weight is 388 g/mol. The minimum Gasteiger partial charge on any atom is -0.502 e. The Hall–Kier alpha value is -3.55. The summed E-state index contributed by atoms with van der Waals surface area (Å²) in [6.07, 6.45) is 0. The highest BCUT2D eigenvalue weighted by atomic mass is 16.5. The summed E-state index contributed by atoms with van der Waals surface area (Å²) in [5.74, 6) is 1.03. The summed E-state index contributed by atoms with van der Waals surface area (Å²) >= 11 is 0. The topological polar surface area (TPSA) is 96.6 Å². The molecule has 1 aromatic heterocycles. The third kappa shape index (κ3) is 3.02. The molecule has 2 aromatic carbocycles. The van der Waals surface area contributed by atoms with E-state index < -0.39 is 5.43 Å². The van der Waals surface area contributed by atoms with Crippen LogP contribution in [0.25, 0.3) is 22.3 Å². The van der Waals surface area contributed by atoms with Crippen LogP contribution in [-0.2, 0) is 0 Å². The minimum atomic E-state index is -0.413. The summed E-state index contributed by atoms with van der Waals surface area (Å²) in [6.45, 7) is 0. The molecule has 28 heavy (non-hydrogen) atoms. The lowest BCUT2D eigenvalue weighted by Gasteiger charge is -2.14. The molecule has 0 atom stereocenters. The van der Waals surface area contributed by atoms with E-state index in [9.17, 15) is 9.90 Å². The maximum atomic E-state index is 13.1. The summed E-state index contributed by atoms with van der Waals surface area (Å²) in [6, 6.07) is 6.20. The standard InChI is InChI=1S/C20H20O8/c1-23-11-8-12(24-2)16-13(9-11)28-19(20(27-5)18(16)22)10-6-14(25-3)17(21)15(7-10)26-4/h6-9,21H,1-5H3. The lowest BCUT2D eigenvalue weighted by Crippen LogP contribution is -2.09. The van der Waals surface area contributed by atoms with Crippen molar-refractivity contribution in [3.8, 4) is 45.8 Å². The van der Waals surface area contributed by atoms with Gasteiger partial charge in [-0.05, 0) is 12.1 Å². The number of fused-ring (bicyclic) bond motifs is 1. The van der Waals surface area contributed by atoms with Crippen LogP contribution in [0, 0.1) is 0 Å². The fourth-order valence-corrected chi connectivity index (χ4v) is 2.92. The van der Waals surface area contributed by atoms with Gasteiger partial charge >= 0.3 is 0 Å². The zero-order chi connectivity index (χ0) is 20.4. The van der Waals surface area contributed by atoms with Crippen molar-refractivity contribution in [2.45, 2.75) is 0 Å². The van der Waals surface area contributed by atoms with Crippen molar-refractivity contribution in [2.75, 3.05) is 35.5 Å². The predicted octanol–water partition coefficient (Wildman–Crippen LogP) is 3.21. The van der Waals surface area contributed by atoms with Gasteiger partial charge in [0.05, 0.1) is 35.5 Å². The number of benzene rings is 2. The van der Waals surface area contributed by atoms with Gasteiger partial charge in [-0.15, -0.1) is 0 Å². The second-order valence-corrected chi connectivity index (χ2v) is 5.73. The Morgan fingerprint density at radius 1 is 0.786 bits per heavy atom. The number of hydrogen-bond acceptors (Lipinski definition) is 8. The summed E-state index contributed by atoms with van der Waals surface area (Å²) in [7, 11) is 7.12. The predicted molar refractivity (Wildman–Crippen MR) is 102 cm³/mol. The summed E-state index contributed by atoms with van der Waals surface area (Å²) < 4.78 is 32.3. The Balaban J connectivity index is 2.40. The van der Waals surface area contributed by atoms with Gasteiger partial charge in [0.15, 0.2) is 17.3 Å². The van der Waals surface area contributed by atoms with E-state index in [0.29, 0.717) is 17.1 Å². The Bertz CT molecular complexity index is 1060. The van der Waals surface area contributed by atoms with E-state index in [4.69, 9.17) is 28.1 Å². The van der Waals surface area contributed by atoms with E-state index in [2.05, 4.69) is 0 Å². The van der Waals surface area contributed by atoms with Crippen LogP contribution < -0.4 is 29.1 Å². The zero-order valence-electron chi connectivity index (χ0n) is 16.1. The molecule has 3 rings (SSSR count). The van der Waals surface area contributed by atoms with Gasteiger partial charge in [-0.3, -0.25) is 4.79 Å². The fourth-order valence-electron chi connectivity index (χ4n) is 2.92. The van der Waals surface area contributed by atoms with Crippen molar-refractivity contribution in [3.63, 3.8) is 0 Å². The molecule has 8 heteroatoms. The van der Waals surface area contributed by atoms with Crippen molar-refractivity contribution in [2.24, 2.45) is 0 Å². The molecule has 0 bridgehead atoms. The first-order chi connectivity index (χ1) is 13.5. The monoisotopic (exact) mass is 388 g/mol. The number of hydrogen-bond donors (Lipinski definition) is 1. The Labute approximate surface area is 160 Å².